The highest BCUT2D eigenvalue weighted by Gasteiger charge is 2.14. The lowest BCUT2D eigenvalue weighted by Gasteiger charge is -2.11. The second-order valence-corrected chi connectivity index (χ2v) is 6.95. The Bertz CT molecular complexity index is 536. The molecule has 1 atom stereocenters. The molecular formula is C14H13BrCl2S. The smallest absolute Gasteiger partial charge is 0.0595 e. The molecule has 0 bridgehead atoms. The van der Waals surface area contributed by atoms with Crippen LogP contribution in [0.25, 0.3) is 0 Å². The van der Waals surface area contributed by atoms with Crippen LogP contribution >= 0.6 is 50.5 Å². The zero-order chi connectivity index (χ0) is 13.1. The first-order valence-electron chi connectivity index (χ1n) is 5.76. The summed E-state index contributed by atoms with van der Waals surface area (Å²) in [6.07, 6.45) is 1.99. The molecule has 0 fully saturated rings. The van der Waals surface area contributed by atoms with Gasteiger partial charge in [0.05, 0.1) is 14.9 Å². The van der Waals surface area contributed by atoms with Gasteiger partial charge in [0.25, 0.3) is 0 Å². The van der Waals surface area contributed by atoms with E-state index < -0.39 is 0 Å². The van der Waals surface area contributed by atoms with Crippen molar-refractivity contribution in [2.24, 2.45) is 0 Å². The van der Waals surface area contributed by atoms with Gasteiger partial charge in [-0.2, -0.15) is 0 Å². The first kappa shape index (κ1) is 14.4. The van der Waals surface area contributed by atoms with Crippen LogP contribution in [0.2, 0.25) is 10.0 Å². The van der Waals surface area contributed by atoms with Crippen molar-refractivity contribution in [1.82, 2.24) is 0 Å². The van der Waals surface area contributed by atoms with Crippen LogP contribution < -0.4 is 0 Å². The van der Waals surface area contributed by atoms with Crippen molar-refractivity contribution in [2.45, 2.75) is 24.6 Å². The first-order chi connectivity index (χ1) is 8.61. The van der Waals surface area contributed by atoms with E-state index in [-0.39, 0.29) is 0 Å². The Balaban J connectivity index is 2.16. The molecule has 0 aliphatic carbocycles. The van der Waals surface area contributed by atoms with E-state index in [1.54, 1.807) is 11.3 Å². The summed E-state index contributed by atoms with van der Waals surface area (Å²) in [5.74, 6) is 0. The lowest BCUT2D eigenvalue weighted by atomic mass is 10.1. The van der Waals surface area contributed by atoms with Crippen molar-refractivity contribution < 1.29 is 0 Å². The van der Waals surface area contributed by atoms with Crippen molar-refractivity contribution in [2.75, 3.05) is 0 Å². The SMILES string of the molecule is CCc1ccsc1C(Br)Cc1ccc(Cl)c(Cl)c1. The van der Waals surface area contributed by atoms with Crippen LogP contribution in [-0.4, -0.2) is 0 Å². The third kappa shape index (κ3) is 3.30. The summed E-state index contributed by atoms with van der Waals surface area (Å²) >= 11 is 17.5. The van der Waals surface area contributed by atoms with Gasteiger partial charge in [0.15, 0.2) is 0 Å². The zero-order valence-electron chi connectivity index (χ0n) is 9.92. The molecule has 96 valence electrons. The Morgan fingerprint density at radius 3 is 2.67 bits per heavy atom. The summed E-state index contributed by atoms with van der Waals surface area (Å²) in [6.45, 7) is 2.18. The summed E-state index contributed by atoms with van der Waals surface area (Å²) in [5, 5.41) is 3.38. The van der Waals surface area contributed by atoms with E-state index in [4.69, 9.17) is 23.2 Å². The molecule has 2 aromatic rings. The molecule has 0 radical (unpaired) electrons. The fourth-order valence-corrected chi connectivity index (χ4v) is 4.17. The molecule has 1 aromatic carbocycles. The van der Waals surface area contributed by atoms with Crippen LogP contribution in [-0.2, 0) is 12.8 Å². The second kappa shape index (κ2) is 6.42. The number of benzene rings is 1. The standard InChI is InChI=1S/C14H13BrCl2S/c1-2-10-5-6-18-14(10)11(15)7-9-3-4-12(16)13(17)8-9/h3-6,8,11H,2,7H2,1H3. The van der Waals surface area contributed by atoms with Gasteiger partial charge in [-0.05, 0) is 47.5 Å². The number of halogens is 3. The molecule has 0 aliphatic rings. The minimum Gasteiger partial charge on any atom is -0.147 e. The van der Waals surface area contributed by atoms with Gasteiger partial charge in [-0.1, -0.05) is 52.1 Å². The molecule has 0 saturated heterocycles. The second-order valence-electron chi connectivity index (χ2n) is 4.08. The number of hydrogen-bond acceptors (Lipinski definition) is 1. The highest BCUT2D eigenvalue weighted by atomic mass is 79.9. The van der Waals surface area contributed by atoms with Gasteiger partial charge in [0, 0.05) is 4.88 Å². The van der Waals surface area contributed by atoms with E-state index in [1.807, 2.05) is 18.2 Å². The van der Waals surface area contributed by atoms with Crippen molar-refractivity contribution in [3.63, 3.8) is 0 Å². The van der Waals surface area contributed by atoms with Crippen LogP contribution in [0, 0.1) is 0 Å². The summed E-state index contributed by atoms with van der Waals surface area (Å²) < 4.78 is 0. The summed E-state index contributed by atoms with van der Waals surface area (Å²) in [7, 11) is 0. The number of hydrogen-bond donors (Lipinski definition) is 0. The van der Waals surface area contributed by atoms with Gasteiger partial charge in [0.2, 0.25) is 0 Å². The average molecular weight is 364 g/mol. The minimum atomic E-state index is 0.338. The molecule has 4 heteroatoms. The Labute approximate surface area is 130 Å². The van der Waals surface area contributed by atoms with Crippen LogP contribution in [0.3, 0.4) is 0 Å². The maximum absolute atomic E-state index is 6.04. The van der Waals surface area contributed by atoms with Crippen molar-refractivity contribution >= 4 is 50.5 Å². The molecule has 0 nitrogen and oxygen atoms in total. The molecule has 2 rings (SSSR count). The van der Waals surface area contributed by atoms with Crippen molar-refractivity contribution in [3.8, 4) is 0 Å². The molecule has 1 unspecified atom stereocenters. The fourth-order valence-electron chi connectivity index (χ4n) is 1.88. The number of thiophene rings is 1. The van der Waals surface area contributed by atoms with Crippen LogP contribution in [0.1, 0.15) is 27.8 Å². The van der Waals surface area contributed by atoms with Crippen LogP contribution in [0.4, 0.5) is 0 Å². The normalized spacial score (nSPS) is 12.7. The molecule has 0 N–H and O–H groups in total. The highest BCUT2D eigenvalue weighted by molar-refractivity contribution is 9.09. The first-order valence-corrected chi connectivity index (χ1v) is 8.31. The predicted molar refractivity (Wildman–Crippen MR) is 85.5 cm³/mol. The number of rotatable bonds is 4. The topological polar surface area (TPSA) is 0 Å². The van der Waals surface area contributed by atoms with E-state index in [0.29, 0.717) is 14.9 Å². The quantitative estimate of drug-likeness (QED) is 0.559. The predicted octanol–water partition coefficient (Wildman–Crippen LogP) is 6.30. The molecule has 0 spiro atoms. The van der Waals surface area contributed by atoms with Crippen molar-refractivity contribution in [1.29, 1.82) is 0 Å². The summed E-state index contributed by atoms with van der Waals surface area (Å²) in [6, 6.07) is 8.02. The van der Waals surface area contributed by atoms with Crippen molar-refractivity contribution in [3.05, 3.63) is 55.7 Å². The summed E-state index contributed by atoms with van der Waals surface area (Å²) in [5.41, 5.74) is 2.61. The van der Waals surface area contributed by atoms with Crippen LogP contribution in [0.5, 0.6) is 0 Å². The molecule has 1 heterocycles. The largest absolute Gasteiger partial charge is 0.147 e. The number of alkyl halides is 1. The third-order valence-electron chi connectivity index (χ3n) is 2.85. The Hall–Kier alpha value is -0.0200. The van der Waals surface area contributed by atoms with Crippen LogP contribution in [0.15, 0.2) is 29.6 Å². The third-order valence-corrected chi connectivity index (χ3v) is 5.74. The monoisotopic (exact) mass is 362 g/mol. The Morgan fingerprint density at radius 2 is 2.00 bits per heavy atom. The minimum absolute atomic E-state index is 0.338. The lowest BCUT2D eigenvalue weighted by molar-refractivity contribution is 0.946. The molecular weight excluding hydrogens is 351 g/mol. The van der Waals surface area contributed by atoms with Gasteiger partial charge in [-0.15, -0.1) is 11.3 Å². The highest BCUT2D eigenvalue weighted by Crippen LogP contribution is 2.35. The molecule has 0 saturated carbocycles. The maximum atomic E-state index is 6.04. The molecule has 0 aliphatic heterocycles. The van der Waals surface area contributed by atoms with E-state index >= 15 is 0 Å². The maximum Gasteiger partial charge on any atom is 0.0595 e. The fraction of sp³-hybridized carbons (Fsp3) is 0.286. The van der Waals surface area contributed by atoms with Gasteiger partial charge in [-0.3, -0.25) is 0 Å². The van der Waals surface area contributed by atoms with Gasteiger partial charge < -0.3 is 0 Å². The molecule has 0 amide bonds. The van der Waals surface area contributed by atoms with E-state index in [0.717, 1.165) is 12.8 Å². The van der Waals surface area contributed by atoms with Gasteiger partial charge >= 0.3 is 0 Å². The molecule has 1 aromatic heterocycles. The van der Waals surface area contributed by atoms with E-state index in [1.165, 1.54) is 16.0 Å². The Kier molecular flexibility index (Phi) is 5.14. The Morgan fingerprint density at radius 1 is 1.22 bits per heavy atom. The zero-order valence-corrected chi connectivity index (χ0v) is 13.8. The van der Waals surface area contributed by atoms with Gasteiger partial charge in [-0.25, -0.2) is 0 Å². The summed E-state index contributed by atoms with van der Waals surface area (Å²) in [4.78, 5) is 1.74. The van der Waals surface area contributed by atoms with Gasteiger partial charge in [0.1, 0.15) is 0 Å². The van der Waals surface area contributed by atoms with E-state index in [9.17, 15) is 0 Å². The lowest BCUT2D eigenvalue weighted by Crippen LogP contribution is -1.96. The average Bonchev–Trinajstić information content (AvgIpc) is 2.82. The number of aryl methyl sites for hydroxylation is 1. The molecule has 18 heavy (non-hydrogen) atoms. The van der Waals surface area contributed by atoms with E-state index in [2.05, 4.69) is 34.3 Å².